The van der Waals surface area contributed by atoms with Crippen molar-refractivity contribution in [3.8, 4) is 0 Å². The third-order valence-corrected chi connectivity index (χ3v) is 4.71. The summed E-state index contributed by atoms with van der Waals surface area (Å²) in [5, 5.41) is 16.3. The fraction of sp³-hybridized carbons (Fsp3) is 0.412. The lowest BCUT2D eigenvalue weighted by molar-refractivity contribution is -0.115. The summed E-state index contributed by atoms with van der Waals surface area (Å²) in [4.78, 5) is 23.9. The SMILES string of the molecule is Cc1cc(Br)ccc1NC(=O)CNC(=O)NCc1nnc2n1CCCC2. The summed E-state index contributed by atoms with van der Waals surface area (Å²) in [6.45, 7) is 2.96. The molecule has 0 aliphatic carbocycles. The molecule has 1 aromatic heterocycles. The zero-order chi connectivity index (χ0) is 18.5. The second kappa shape index (κ2) is 8.31. The summed E-state index contributed by atoms with van der Waals surface area (Å²) in [5.74, 6) is 1.42. The second-order valence-corrected chi connectivity index (χ2v) is 7.10. The fourth-order valence-corrected chi connectivity index (χ4v) is 3.32. The van der Waals surface area contributed by atoms with E-state index in [1.165, 1.54) is 0 Å². The minimum absolute atomic E-state index is 0.112. The van der Waals surface area contributed by atoms with Gasteiger partial charge in [-0.1, -0.05) is 15.9 Å². The van der Waals surface area contributed by atoms with Crippen LogP contribution in [0, 0.1) is 6.92 Å². The van der Waals surface area contributed by atoms with Gasteiger partial charge in [-0.15, -0.1) is 10.2 Å². The molecule has 0 bridgehead atoms. The van der Waals surface area contributed by atoms with E-state index >= 15 is 0 Å². The van der Waals surface area contributed by atoms with Gasteiger partial charge in [-0.2, -0.15) is 0 Å². The van der Waals surface area contributed by atoms with Gasteiger partial charge in [0.25, 0.3) is 0 Å². The van der Waals surface area contributed by atoms with E-state index in [9.17, 15) is 9.59 Å². The molecular formula is C17H21BrN6O2. The van der Waals surface area contributed by atoms with Gasteiger partial charge in [0.05, 0.1) is 13.1 Å². The molecular weight excluding hydrogens is 400 g/mol. The smallest absolute Gasteiger partial charge is 0.315 e. The molecule has 2 aromatic rings. The summed E-state index contributed by atoms with van der Waals surface area (Å²) in [5.41, 5.74) is 1.66. The van der Waals surface area contributed by atoms with Gasteiger partial charge in [-0.3, -0.25) is 4.79 Å². The summed E-state index contributed by atoms with van der Waals surface area (Å²) < 4.78 is 2.99. The fourth-order valence-electron chi connectivity index (χ4n) is 2.84. The highest BCUT2D eigenvalue weighted by molar-refractivity contribution is 9.10. The van der Waals surface area contributed by atoms with Crippen LogP contribution in [0.5, 0.6) is 0 Å². The van der Waals surface area contributed by atoms with Crippen molar-refractivity contribution >= 4 is 33.6 Å². The minimum Gasteiger partial charge on any atom is -0.331 e. The molecule has 0 radical (unpaired) electrons. The average Bonchev–Trinajstić information content (AvgIpc) is 3.04. The summed E-state index contributed by atoms with van der Waals surface area (Å²) in [6, 6.07) is 5.16. The number of urea groups is 1. The zero-order valence-electron chi connectivity index (χ0n) is 14.5. The van der Waals surface area contributed by atoms with E-state index in [1.807, 2.05) is 29.7 Å². The number of anilines is 1. The maximum Gasteiger partial charge on any atom is 0.315 e. The van der Waals surface area contributed by atoms with Crippen molar-refractivity contribution in [1.82, 2.24) is 25.4 Å². The number of aryl methyl sites for hydroxylation is 2. The number of carbonyl (C=O) groups excluding carboxylic acids is 2. The number of aromatic nitrogens is 3. The van der Waals surface area contributed by atoms with Crippen LogP contribution in [0.1, 0.15) is 30.1 Å². The Morgan fingerprint density at radius 1 is 1.23 bits per heavy atom. The normalized spacial score (nSPS) is 13.0. The Kier molecular flexibility index (Phi) is 5.87. The Morgan fingerprint density at radius 3 is 2.88 bits per heavy atom. The molecule has 3 N–H and O–H groups in total. The Balaban J connectivity index is 1.44. The number of hydrogen-bond donors (Lipinski definition) is 3. The Morgan fingerprint density at radius 2 is 2.08 bits per heavy atom. The number of amides is 3. The Hall–Kier alpha value is -2.42. The second-order valence-electron chi connectivity index (χ2n) is 6.18. The molecule has 2 heterocycles. The number of rotatable bonds is 5. The molecule has 0 saturated heterocycles. The molecule has 9 heteroatoms. The van der Waals surface area contributed by atoms with Crippen molar-refractivity contribution in [2.45, 2.75) is 39.3 Å². The number of carbonyl (C=O) groups is 2. The van der Waals surface area contributed by atoms with Crippen LogP contribution in [0.2, 0.25) is 0 Å². The van der Waals surface area contributed by atoms with Crippen molar-refractivity contribution < 1.29 is 9.59 Å². The molecule has 26 heavy (non-hydrogen) atoms. The van der Waals surface area contributed by atoms with Crippen molar-refractivity contribution in [3.63, 3.8) is 0 Å². The number of hydrogen-bond acceptors (Lipinski definition) is 4. The highest BCUT2D eigenvalue weighted by Gasteiger charge is 2.16. The highest BCUT2D eigenvalue weighted by Crippen LogP contribution is 2.19. The molecule has 3 amide bonds. The minimum atomic E-state index is -0.416. The molecule has 0 atom stereocenters. The van der Waals surface area contributed by atoms with E-state index in [1.54, 1.807) is 0 Å². The predicted octanol–water partition coefficient (Wildman–Crippen LogP) is 2.12. The molecule has 1 aliphatic rings. The quantitative estimate of drug-likeness (QED) is 0.689. The average molecular weight is 421 g/mol. The van der Waals surface area contributed by atoms with Gasteiger partial charge < -0.3 is 20.5 Å². The topological polar surface area (TPSA) is 101 Å². The molecule has 138 valence electrons. The van der Waals surface area contributed by atoms with Crippen molar-refractivity contribution in [2.75, 3.05) is 11.9 Å². The lowest BCUT2D eigenvalue weighted by atomic mass is 10.2. The van der Waals surface area contributed by atoms with Gasteiger partial charge in [0.15, 0.2) is 5.82 Å². The molecule has 3 rings (SSSR count). The molecule has 0 spiro atoms. The molecule has 1 aliphatic heterocycles. The van der Waals surface area contributed by atoms with E-state index in [0.29, 0.717) is 0 Å². The largest absolute Gasteiger partial charge is 0.331 e. The van der Waals surface area contributed by atoms with Crippen LogP contribution in [0.25, 0.3) is 0 Å². The first-order valence-electron chi connectivity index (χ1n) is 8.51. The van der Waals surface area contributed by atoms with Crippen LogP contribution < -0.4 is 16.0 Å². The zero-order valence-corrected chi connectivity index (χ0v) is 16.1. The van der Waals surface area contributed by atoms with Crippen molar-refractivity contribution in [3.05, 3.63) is 39.9 Å². The number of nitrogens with one attached hydrogen (secondary N) is 3. The number of benzene rings is 1. The first kappa shape index (κ1) is 18.4. The third kappa shape index (κ3) is 4.60. The molecule has 8 nitrogen and oxygen atoms in total. The van der Waals surface area contributed by atoms with Gasteiger partial charge in [-0.25, -0.2) is 4.79 Å². The standard InChI is InChI=1S/C17H21BrN6O2/c1-11-8-12(18)5-6-13(11)21-16(25)10-20-17(26)19-9-15-23-22-14-4-2-3-7-24(14)15/h5-6,8H,2-4,7,9-10H2,1H3,(H,21,25)(H2,19,20,26). The highest BCUT2D eigenvalue weighted by atomic mass is 79.9. The van der Waals surface area contributed by atoms with E-state index in [2.05, 4.69) is 42.1 Å². The maximum absolute atomic E-state index is 12.0. The summed E-state index contributed by atoms with van der Waals surface area (Å²) >= 11 is 3.38. The number of halogens is 1. The van der Waals surface area contributed by atoms with Crippen LogP contribution in [0.3, 0.4) is 0 Å². The number of nitrogens with zero attached hydrogens (tertiary/aromatic N) is 3. The molecule has 0 fully saturated rings. The molecule has 1 aromatic carbocycles. The van der Waals surface area contributed by atoms with E-state index in [4.69, 9.17) is 0 Å². The van der Waals surface area contributed by atoms with Crippen molar-refractivity contribution in [2.24, 2.45) is 0 Å². The van der Waals surface area contributed by atoms with Crippen LogP contribution >= 0.6 is 15.9 Å². The van der Waals surface area contributed by atoms with Gasteiger partial charge in [-0.05, 0) is 43.5 Å². The maximum atomic E-state index is 12.0. The lowest BCUT2D eigenvalue weighted by Crippen LogP contribution is -2.40. The monoisotopic (exact) mass is 420 g/mol. The van der Waals surface area contributed by atoms with Crippen molar-refractivity contribution in [1.29, 1.82) is 0 Å². The Labute approximate surface area is 159 Å². The third-order valence-electron chi connectivity index (χ3n) is 4.22. The van der Waals surface area contributed by atoms with Gasteiger partial charge in [0, 0.05) is 23.1 Å². The van der Waals surface area contributed by atoms with E-state index in [0.717, 1.165) is 53.2 Å². The van der Waals surface area contributed by atoms with Crippen LogP contribution in [-0.2, 0) is 24.3 Å². The van der Waals surface area contributed by atoms with Gasteiger partial charge in [0.1, 0.15) is 5.82 Å². The van der Waals surface area contributed by atoms with Crippen LogP contribution in [0.4, 0.5) is 10.5 Å². The first-order valence-corrected chi connectivity index (χ1v) is 9.31. The first-order chi connectivity index (χ1) is 12.5. The summed E-state index contributed by atoms with van der Waals surface area (Å²) in [6.07, 6.45) is 3.15. The summed E-state index contributed by atoms with van der Waals surface area (Å²) in [7, 11) is 0. The van der Waals surface area contributed by atoms with E-state index < -0.39 is 6.03 Å². The van der Waals surface area contributed by atoms with Crippen LogP contribution in [0.15, 0.2) is 22.7 Å². The lowest BCUT2D eigenvalue weighted by Gasteiger charge is -2.15. The Bertz CT molecular complexity index is 820. The van der Waals surface area contributed by atoms with E-state index in [-0.39, 0.29) is 19.0 Å². The molecule has 0 unspecified atom stereocenters. The predicted molar refractivity (Wildman–Crippen MR) is 101 cm³/mol. The number of fused-ring (bicyclic) bond motifs is 1. The van der Waals surface area contributed by atoms with Gasteiger partial charge >= 0.3 is 6.03 Å². The van der Waals surface area contributed by atoms with Crippen LogP contribution in [-0.4, -0.2) is 33.2 Å². The van der Waals surface area contributed by atoms with Gasteiger partial charge in [0.2, 0.25) is 5.91 Å². The molecule has 0 saturated carbocycles.